The summed E-state index contributed by atoms with van der Waals surface area (Å²) >= 11 is 6.10. The highest BCUT2D eigenvalue weighted by Crippen LogP contribution is 2.35. The first kappa shape index (κ1) is 15.8. The highest BCUT2D eigenvalue weighted by molar-refractivity contribution is 8.13. The van der Waals surface area contributed by atoms with Gasteiger partial charge in [0.25, 0.3) is 9.05 Å². The van der Waals surface area contributed by atoms with E-state index < -0.39 is 14.5 Å². The predicted octanol–water partition coefficient (Wildman–Crippen LogP) is 3.42. The van der Waals surface area contributed by atoms with E-state index in [0.717, 1.165) is 0 Å². The summed E-state index contributed by atoms with van der Waals surface area (Å²) in [7, 11) is 1.55. The Morgan fingerprint density at radius 2 is 1.83 bits per heavy atom. The van der Waals surface area contributed by atoms with Crippen molar-refractivity contribution in [2.24, 2.45) is 5.92 Å². The zero-order valence-electron chi connectivity index (χ0n) is 11.2. The minimum atomic E-state index is -3.91. The van der Waals surface area contributed by atoms with Crippen molar-refractivity contribution in [2.75, 3.05) is 0 Å². The van der Waals surface area contributed by atoms with E-state index in [-0.39, 0.29) is 10.0 Å². The molecule has 1 aromatic rings. The van der Waals surface area contributed by atoms with Crippen LogP contribution < -0.4 is 0 Å². The van der Waals surface area contributed by atoms with Gasteiger partial charge in [0.1, 0.15) is 10.0 Å². The summed E-state index contributed by atoms with van der Waals surface area (Å²) in [5.41, 5.74) is -0.0356. The van der Waals surface area contributed by atoms with Crippen molar-refractivity contribution in [3.05, 3.63) is 10.8 Å². The smallest absolute Gasteiger partial charge is 0.252 e. The first-order valence-electron chi connectivity index (χ1n) is 5.66. The molecular formula is C11H18Cl2N2O2S. The summed E-state index contributed by atoms with van der Waals surface area (Å²) in [5, 5.41) is 4.40. The first-order valence-corrected chi connectivity index (χ1v) is 8.34. The normalized spacial score (nSPS) is 13.3. The molecule has 0 N–H and O–H groups in total. The molecule has 0 aliphatic carbocycles. The van der Waals surface area contributed by atoms with E-state index >= 15 is 0 Å². The third-order valence-corrected chi connectivity index (χ3v) is 4.18. The van der Waals surface area contributed by atoms with Crippen LogP contribution in [0.15, 0.2) is 4.90 Å². The Bertz CT molecular complexity index is 542. The maximum absolute atomic E-state index is 11.6. The second-order valence-corrected chi connectivity index (χ2v) is 8.59. The largest absolute Gasteiger partial charge is 0.266 e. The number of rotatable bonds is 3. The molecule has 0 spiro atoms. The van der Waals surface area contributed by atoms with Crippen LogP contribution in [0, 0.1) is 5.92 Å². The number of nitrogens with zero attached hydrogens (tertiary/aromatic N) is 2. The van der Waals surface area contributed by atoms with Gasteiger partial charge in [-0.15, -0.1) is 0 Å². The molecule has 0 saturated carbocycles. The predicted molar refractivity (Wildman–Crippen MR) is 73.8 cm³/mol. The molecule has 0 unspecified atom stereocenters. The van der Waals surface area contributed by atoms with Gasteiger partial charge in [-0.2, -0.15) is 5.10 Å². The minimum absolute atomic E-state index is 0.0704. The van der Waals surface area contributed by atoms with E-state index in [4.69, 9.17) is 22.3 Å². The Morgan fingerprint density at radius 3 is 2.11 bits per heavy atom. The summed E-state index contributed by atoms with van der Waals surface area (Å²) in [5.74, 6) is 0.307. The van der Waals surface area contributed by atoms with Gasteiger partial charge in [-0.3, -0.25) is 4.68 Å². The fourth-order valence-electron chi connectivity index (χ4n) is 1.60. The molecular weight excluding hydrogens is 295 g/mol. The van der Waals surface area contributed by atoms with Crippen LogP contribution in [0.5, 0.6) is 0 Å². The highest BCUT2D eigenvalue weighted by atomic mass is 35.7. The average molecular weight is 313 g/mol. The van der Waals surface area contributed by atoms with E-state index in [0.29, 0.717) is 18.2 Å². The van der Waals surface area contributed by atoms with Gasteiger partial charge in [-0.25, -0.2) is 8.42 Å². The molecule has 4 nitrogen and oxygen atoms in total. The summed E-state index contributed by atoms with van der Waals surface area (Å²) < 4.78 is 24.8. The molecule has 0 saturated heterocycles. The number of aromatic nitrogens is 2. The van der Waals surface area contributed by atoms with Crippen LogP contribution in [0.1, 0.15) is 40.3 Å². The van der Waals surface area contributed by atoms with Gasteiger partial charge >= 0.3 is 0 Å². The van der Waals surface area contributed by atoms with Crippen molar-refractivity contribution in [2.45, 2.75) is 51.5 Å². The van der Waals surface area contributed by atoms with E-state index in [1.165, 1.54) is 4.68 Å². The molecule has 7 heteroatoms. The van der Waals surface area contributed by atoms with Crippen molar-refractivity contribution in [1.82, 2.24) is 9.78 Å². The molecule has 1 rings (SSSR count). The standard InChI is InChI=1S/C11H18Cl2N2O2S/c1-7(2)6-15-10(12)8(18(13,16)17)9(14-15)11(3,4)5/h7H,6H2,1-5H3. The Morgan fingerprint density at radius 1 is 1.33 bits per heavy atom. The van der Waals surface area contributed by atoms with Crippen molar-refractivity contribution in [1.29, 1.82) is 0 Å². The topological polar surface area (TPSA) is 52.0 Å². The van der Waals surface area contributed by atoms with Crippen LogP contribution in [-0.2, 0) is 21.0 Å². The van der Waals surface area contributed by atoms with E-state index in [1.54, 1.807) is 0 Å². The van der Waals surface area contributed by atoms with Crippen molar-refractivity contribution in [3.8, 4) is 0 Å². The second-order valence-electron chi connectivity index (χ2n) is 5.73. The molecule has 0 amide bonds. The van der Waals surface area contributed by atoms with Crippen LogP contribution in [0.4, 0.5) is 0 Å². The lowest BCUT2D eigenvalue weighted by molar-refractivity contribution is 0.465. The molecule has 0 radical (unpaired) electrons. The van der Waals surface area contributed by atoms with E-state index in [1.807, 2.05) is 34.6 Å². The first-order chi connectivity index (χ1) is 7.94. The van der Waals surface area contributed by atoms with Gasteiger partial charge in [0, 0.05) is 22.6 Å². The van der Waals surface area contributed by atoms with Gasteiger partial charge in [-0.05, 0) is 5.92 Å². The van der Waals surface area contributed by atoms with Crippen LogP contribution in [-0.4, -0.2) is 18.2 Å². The molecule has 0 bridgehead atoms. The molecule has 1 heterocycles. The molecule has 104 valence electrons. The lowest BCUT2D eigenvalue weighted by Crippen LogP contribution is -2.16. The summed E-state index contributed by atoms with van der Waals surface area (Å²) in [6, 6.07) is 0. The van der Waals surface area contributed by atoms with Gasteiger partial charge in [0.15, 0.2) is 0 Å². The maximum Gasteiger partial charge on any atom is 0.266 e. The fraction of sp³-hybridized carbons (Fsp3) is 0.727. The van der Waals surface area contributed by atoms with Gasteiger partial charge in [0.05, 0.1) is 5.69 Å². The van der Waals surface area contributed by atoms with Crippen LogP contribution >= 0.6 is 22.3 Å². The van der Waals surface area contributed by atoms with Gasteiger partial charge in [0.2, 0.25) is 0 Å². The van der Waals surface area contributed by atoms with E-state index in [2.05, 4.69) is 5.10 Å². The molecule has 0 atom stereocenters. The van der Waals surface area contributed by atoms with Crippen molar-refractivity contribution in [3.63, 3.8) is 0 Å². The molecule has 18 heavy (non-hydrogen) atoms. The minimum Gasteiger partial charge on any atom is -0.252 e. The summed E-state index contributed by atoms with van der Waals surface area (Å²) in [4.78, 5) is -0.0704. The molecule has 0 aliphatic heterocycles. The lowest BCUT2D eigenvalue weighted by Gasteiger charge is -2.16. The van der Waals surface area contributed by atoms with Gasteiger partial charge in [-0.1, -0.05) is 46.2 Å². The Kier molecular flexibility index (Phi) is 4.41. The SMILES string of the molecule is CC(C)Cn1nc(C(C)(C)C)c(S(=O)(=O)Cl)c1Cl. The third kappa shape index (κ3) is 3.39. The molecule has 0 aromatic carbocycles. The van der Waals surface area contributed by atoms with Crippen LogP contribution in [0.2, 0.25) is 5.15 Å². The van der Waals surface area contributed by atoms with Crippen LogP contribution in [0.3, 0.4) is 0 Å². The maximum atomic E-state index is 11.6. The summed E-state index contributed by atoms with van der Waals surface area (Å²) in [6.45, 7) is 10.2. The Balaban J connectivity index is 3.52. The van der Waals surface area contributed by atoms with E-state index in [9.17, 15) is 8.42 Å². The zero-order chi connectivity index (χ0) is 14.3. The monoisotopic (exact) mass is 312 g/mol. The van der Waals surface area contributed by atoms with Crippen molar-refractivity contribution < 1.29 is 8.42 Å². The van der Waals surface area contributed by atoms with Crippen LogP contribution in [0.25, 0.3) is 0 Å². The Labute approximate surface area is 118 Å². The van der Waals surface area contributed by atoms with Gasteiger partial charge < -0.3 is 0 Å². The van der Waals surface area contributed by atoms with Crippen molar-refractivity contribution >= 4 is 31.3 Å². The quantitative estimate of drug-likeness (QED) is 0.804. The number of halogens is 2. The lowest BCUT2D eigenvalue weighted by atomic mass is 9.92. The summed E-state index contributed by atoms with van der Waals surface area (Å²) in [6.07, 6.45) is 0. The second kappa shape index (κ2) is 5.02. The molecule has 0 fully saturated rings. The number of hydrogen-bond donors (Lipinski definition) is 0. The highest BCUT2D eigenvalue weighted by Gasteiger charge is 2.32. The molecule has 0 aliphatic rings. The number of hydrogen-bond acceptors (Lipinski definition) is 3. The molecule has 1 aromatic heterocycles. The zero-order valence-corrected chi connectivity index (χ0v) is 13.5. The Hall–Kier alpha value is -0.260. The third-order valence-electron chi connectivity index (χ3n) is 2.34. The fourth-order valence-corrected chi connectivity index (χ4v) is 3.54. The average Bonchev–Trinajstić information content (AvgIpc) is 2.41.